The highest BCUT2D eigenvalue weighted by molar-refractivity contribution is 5.76. The van der Waals surface area contributed by atoms with Gasteiger partial charge in [0.15, 0.2) is 0 Å². The molecule has 4 heteroatoms. The average molecular weight is 235 g/mol. The molecule has 1 saturated carbocycles. The van der Waals surface area contributed by atoms with Gasteiger partial charge in [-0.05, 0) is 45.6 Å². The lowest BCUT2D eigenvalue weighted by Gasteiger charge is -2.04. The van der Waals surface area contributed by atoms with E-state index in [-0.39, 0.29) is 5.91 Å². The Balaban J connectivity index is 1.93. The lowest BCUT2D eigenvalue weighted by Crippen LogP contribution is -2.25. The van der Waals surface area contributed by atoms with Gasteiger partial charge in [-0.25, -0.2) is 0 Å². The van der Waals surface area contributed by atoms with Crippen molar-refractivity contribution in [2.75, 3.05) is 0 Å². The Labute approximate surface area is 102 Å². The summed E-state index contributed by atoms with van der Waals surface area (Å²) in [4.78, 5) is 11.6. The van der Waals surface area contributed by atoms with Gasteiger partial charge in [0.2, 0.25) is 5.91 Å². The topological polar surface area (TPSA) is 46.9 Å². The molecule has 0 aliphatic heterocycles. The van der Waals surface area contributed by atoms with Gasteiger partial charge in [0.05, 0.1) is 5.69 Å². The van der Waals surface area contributed by atoms with Crippen LogP contribution in [-0.2, 0) is 17.8 Å². The van der Waals surface area contributed by atoms with Crippen molar-refractivity contribution >= 4 is 5.91 Å². The largest absolute Gasteiger partial charge is 0.353 e. The number of hydrogen-bond donors (Lipinski definition) is 1. The molecule has 1 aliphatic rings. The Hall–Kier alpha value is -1.32. The van der Waals surface area contributed by atoms with Gasteiger partial charge in [0.25, 0.3) is 0 Å². The van der Waals surface area contributed by atoms with Crippen LogP contribution in [0.15, 0.2) is 0 Å². The van der Waals surface area contributed by atoms with E-state index in [2.05, 4.69) is 24.3 Å². The fourth-order valence-electron chi connectivity index (χ4n) is 2.17. The van der Waals surface area contributed by atoms with Gasteiger partial charge in [-0.3, -0.25) is 9.48 Å². The first-order valence-electron chi connectivity index (χ1n) is 6.44. The molecule has 2 rings (SSSR count). The van der Waals surface area contributed by atoms with Crippen molar-refractivity contribution in [2.45, 2.75) is 59.0 Å². The van der Waals surface area contributed by atoms with Gasteiger partial charge in [-0.2, -0.15) is 5.10 Å². The van der Waals surface area contributed by atoms with E-state index < -0.39 is 0 Å². The second-order valence-electron chi connectivity index (χ2n) is 4.81. The highest BCUT2D eigenvalue weighted by Gasteiger charge is 2.23. The zero-order valence-electron chi connectivity index (χ0n) is 10.9. The number of amides is 1. The Morgan fingerprint density at radius 2 is 2.18 bits per heavy atom. The van der Waals surface area contributed by atoms with Crippen molar-refractivity contribution < 1.29 is 4.79 Å². The highest BCUT2D eigenvalue weighted by Crippen LogP contribution is 2.19. The molecule has 0 unspecified atom stereocenters. The van der Waals surface area contributed by atoms with Crippen molar-refractivity contribution in [3.05, 3.63) is 17.0 Å². The molecular weight excluding hydrogens is 214 g/mol. The third-order valence-electron chi connectivity index (χ3n) is 3.38. The Morgan fingerprint density at radius 3 is 2.71 bits per heavy atom. The first-order valence-corrected chi connectivity index (χ1v) is 6.44. The van der Waals surface area contributed by atoms with Crippen LogP contribution in [0, 0.1) is 13.8 Å². The number of nitrogens with one attached hydrogen (secondary N) is 1. The minimum atomic E-state index is 0.176. The molecule has 1 aromatic heterocycles. The van der Waals surface area contributed by atoms with Crippen LogP contribution in [0.2, 0.25) is 0 Å². The van der Waals surface area contributed by atoms with Crippen LogP contribution in [0.25, 0.3) is 0 Å². The molecule has 0 spiro atoms. The molecule has 1 amide bonds. The molecule has 17 heavy (non-hydrogen) atoms. The molecule has 0 radical (unpaired) electrons. The summed E-state index contributed by atoms with van der Waals surface area (Å²) in [5.74, 6) is 0.176. The van der Waals surface area contributed by atoms with Crippen LogP contribution in [0.3, 0.4) is 0 Å². The van der Waals surface area contributed by atoms with E-state index in [0.29, 0.717) is 12.5 Å². The van der Waals surface area contributed by atoms with Gasteiger partial charge >= 0.3 is 0 Å². The van der Waals surface area contributed by atoms with Crippen LogP contribution in [0.4, 0.5) is 0 Å². The summed E-state index contributed by atoms with van der Waals surface area (Å²) in [7, 11) is 0. The molecule has 94 valence electrons. The van der Waals surface area contributed by atoms with Crippen LogP contribution in [-0.4, -0.2) is 21.7 Å². The first-order chi connectivity index (χ1) is 8.11. The van der Waals surface area contributed by atoms with E-state index in [1.807, 2.05) is 11.6 Å². The molecular formula is C13H21N3O. The normalized spacial score (nSPS) is 15.0. The van der Waals surface area contributed by atoms with Crippen LogP contribution in [0.1, 0.15) is 43.1 Å². The molecule has 0 aromatic carbocycles. The minimum absolute atomic E-state index is 0.176. The predicted octanol–water partition coefficient (Wildman–Crippen LogP) is 1.73. The summed E-state index contributed by atoms with van der Waals surface area (Å²) in [5.41, 5.74) is 3.49. The second-order valence-corrected chi connectivity index (χ2v) is 4.81. The van der Waals surface area contributed by atoms with Gasteiger partial charge in [0.1, 0.15) is 0 Å². The quantitative estimate of drug-likeness (QED) is 0.845. The van der Waals surface area contributed by atoms with E-state index in [1.54, 1.807) is 0 Å². The molecule has 1 heterocycles. The fourth-order valence-corrected chi connectivity index (χ4v) is 2.17. The maximum absolute atomic E-state index is 11.6. The SMILES string of the molecule is CCn1nc(C)c(CCC(=O)NC2CC2)c1C. The van der Waals surface area contributed by atoms with Crippen LogP contribution >= 0.6 is 0 Å². The van der Waals surface area contributed by atoms with E-state index in [4.69, 9.17) is 0 Å². The minimum Gasteiger partial charge on any atom is -0.353 e. The summed E-state index contributed by atoms with van der Waals surface area (Å²) in [6.07, 6.45) is 3.68. The smallest absolute Gasteiger partial charge is 0.220 e. The van der Waals surface area contributed by atoms with Gasteiger partial charge in [0, 0.05) is 24.7 Å². The highest BCUT2D eigenvalue weighted by atomic mass is 16.1. The van der Waals surface area contributed by atoms with Crippen molar-refractivity contribution in [1.82, 2.24) is 15.1 Å². The van der Waals surface area contributed by atoms with E-state index >= 15 is 0 Å². The van der Waals surface area contributed by atoms with Crippen molar-refractivity contribution in [1.29, 1.82) is 0 Å². The van der Waals surface area contributed by atoms with Crippen molar-refractivity contribution in [3.8, 4) is 0 Å². The number of aromatic nitrogens is 2. The number of carbonyl (C=O) groups excluding carboxylic acids is 1. The van der Waals surface area contributed by atoms with E-state index in [1.165, 1.54) is 11.3 Å². The number of hydrogen-bond acceptors (Lipinski definition) is 2. The molecule has 4 nitrogen and oxygen atoms in total. The van der Waals surface area contributed by atoms with Gasteiger partial charge in [-0.15, -0.1) is 0 Å². The number of aryl methyl sites for hydroxylation is 2. The van der Waals surface area contributed by atoms with Crippen molar-refractivity contribution in [2.24, 2.45) is 0 Å². The average Bonchev–Trinajstić information content (AvgIpc) is 3.04. The monoisotopic (exact) mass is 235 g/mol. The van der Waals surface area contributed by atoms with Crippen LogP contribution in [0.5, 0.6) is 0 Å². The summed E-state index contributed by atoms with van der Waals surface area (Å²) in [6, 6.07) is 0.461. The number of nitrogens with zero attached hydrogens (tertiary/aromatic N) is 2. The standard InChI is InChI=1S/C13H21N3O/c1-4-16-10(3)12(9(2)15-16)7-8-13(17)14-11-5-6-11/h11H,4-8H2,1-3H3,(H,14,17). The molecule has 1 aliphatic carbocycles. The summed E-state index contributed by atoms with van der Waals surface area (Å²) >= 11 is 0. The van der Waals surface area contributed by atoms with Crippen molar-refractivity contribution in [3.63, 3.8) is 0 Å². The van der Waals surface area contributed by atoms with Gasteiger partial charge < -0.3 is 5.32 Å². The van der Waals surface area contributed by atoms with Gasteiger partial charge in [-0.1, -0.05) is 0 Å². The maximum Gasteiger partial charge on any atom is 0.220 e. The Morgan fingerprint density at radius 1 is 1.47 bits per heavy atom. The summed E-state index contributed by atoms with van der Waals surface area (Å²) in [6.45, 7) is 7.08. The fraction of sp³-hybridized carbons (Fsp3) is 0.692. The van der Waals surface area contributed by atoms with E-state index in [0.717, 1.165) is 31.5 Å². The third-order valence-corrected chi connectivity index (χ3v) is 3.38. The molecule has 0 saturated heterocycles. The number of rotatable bonds is 5. The lowest BCUT2D eigenvalue weighted by molar-refractivity contribution is -0.121. The zero-order valence-corrected chi connectivity index (χ0v) is 10.9. The third kappa shape index (κ3) is 2.87. The second kappa shape index (κ2) is 4.90. The molecule has 1 fully saturated rings. The van der Waals surface area contributed by atoms with E-state index in [9.17, 15) is 4.79 Å². The Kier molecular flexibility index (Phi) is 3.50. The zero-order chi connectivity index (χ0) is 12.4. The predicted molar refractivity (Wildman–Crippen MR) is 66.9 cm³/mol. The summed E-state index contributed by atoms with van der Waals surface area (Å²) in [5, 5.41) is 7.48. The molecule has 0 bridgehead atoms. The summed E-state index contributed by atoms with van der Waals surface area (Å²) < 4.78 is 2.00. The lowest BCUT2D eigenvalue weighted by atomic mass is 10.1. The number of carbonyl (C=O) groups is 1. The Bertz CT molecular complexity index is 419. The maximum atomic E-state index is 11.6. The van der Waals surface area contributed by atoms with Crippen LogP contribution < -0.4 is 5.32 Å². The molecule has 1 aromatic rings. The molecule has 0 atom stereocenters. The molecule has 1 N–H and O–H groups in total. The first kappa shape index (κ1) is 12.1.